The Labute approximate surface area is 104 Å². The summed E-state index contributed by atoms with van der Waals surface area (Å²) in [6, 6.07) is 0.285. The first kappa shape index (κ1) is 13.8. The minimum absolute atomic E-state index is 0.0307. The topological polar surface area (TPSA) is 86.7 Å². The number of nitrogens with zero attached hydrogens (tertiary/aromatic N) is 1. The van der Waals surface area contributed by atoms with Crippen LogP contribution in [0.1, 0.15) is 12.8 Å². The van der Waals surface area contributed by atoms with E-state index in [1.165, 1.54) is 11.9 Å². The number of likely N-dealkylation sites (N-methyl/N-ethyl adjacent to an activating group) is 1. The van der Waals surface area contributed by atoms with E-state index in [0.717, 1.165) is 24.6 Å². The van der Waals surface area contributed by atoms with Gasteiger partial charge < -0.3 is 15.3 Å². The molecule has 0 aromatic heterocycles. The second kappa shape index (κ2) is 6.48. The lowest BCUT2D eigenvalue weighted by atomic mass is 10.5. The Bertz CT molecular complexity index is 317. The van der Waals surface area contributed by atoms with Gasteiger partial charge in [0, 0.05) is 13.1 Å². The molecule has 2 amide bonds. The van der Waals surface area contributed by atoms with E-state index in [9.17, 15) is 14.4 Å². The van der Waals surface area contributed by atoms with Gasteiger partial charge in [-0.3, -0.25) is 14.4 Å². The highest BCUT2D eigenvalue weighted by atomic mass is 32.2. The molecular formula is C10H16N2O4S. The zero-order valence-corrected chi connectivity index (χ0v) is 10.5. The zero-order valence-electron chi connectivity index (χ0n) is 9.64. The highest BCUT2D eigenvalue weighted by Gasteiger charge is 2.24. The molecule has 2 N–H and O–H groups in total. The SMILES string of the molecule is CN(CC(=O)NC1CC1)C(=O)CSCC(=O)O. The zero-order chi connectivity index (χ0) is 12.8. The summed E-state index contributed by atoms with van der Waals surface area (Å²) in [5, 5.41) is 11.2. The molecule has 0 atom stereocenters. The Morgan fingerprint density at radius 3 is 2.53 bits per heavy atom. The van der Waals surface area contributed by atoms with Crippen LogP contribution >= 0.6 is 11.8 Å². The van der Waals surface area contributed by atoms with Gasteiger partial charge in [-0.15, -0.1) is 11.8 Å². The van der Waals surface area contributed by atoms with Gasteiger partial charge in [-0.05, 0) is 12.8 Å². The van der Waals surface area contributed by atoms with Crippen LogP contribution in [0.25, 0.3) is 0 Å². The normalized spacial score (nSPS) is 14.2. The van der Waals surface area contributed by atoms with Crippen LogP contribution in [0.4, 0.5) is 0 Å². The van der Waals surface area contributed by atoms with E-state index in [1.807, 2.05) is 0 Å². The minimum atomic E-state index is -0.947. The average molecular weight is 260 g/mol. The Kier molecular flexibility index (Phi) is 5.27. The van der Waals surface area contributed by atoms with Gasteiger partial charge in [0.05, 0.1) is 18.1 Å². The van der Waals surface area contributed by atoms with Crippen molar-refractivity contribution in [3.63, 3.8) is 0 Å². The van der Waals surface area contributed by atoms with Crippen molar-refractivity contribution >= 4 is 29.5 Å². The lowest BCUT2D eigenvalue weighted by Gasteiger charge is -2.16. The maximum absolute atomic E-state index is 11.5. The molecule has 0 unspecified atom stereocenters. The van der Waals surface area contributed by atoms with Crippen molar-refractivity contribution in [3.8, 4) is 0 Å². The number of thioether (sulfide) groups is 1. The van der Waals surface area contributed by atoms with Crippen molar-refractivity contribution in [2.75, 3.05) is 25.1 Å². The number of carbonyl (C=O) groups excluding carboxylic acids is 2. The molecule has 6 nitrogen and oxygen atoms in total. The predicted molar refractivity (Wildman–Crippen MR) is 63.8 cm³/mol. The molecule has 0 bridgehead atoms. The van der Waals surface area contributed by atoms with E-state index in [2.05, 4.69) is 5.32 Å². The maximum Gasteiger partial charge on any atom is 0.313 e. The van der Waals surface area contributed by atoms with Crippen LogP contribution < -0.4 is 5.32 Å². The molecule has 0 spiro atoms. The van der Waals surface area contributed by atoms with Gasteiger partial charge in [-0.2, -0.15) is 0 Å². The van der Waals surface area contributed by atoms with Crippen LogP contribution in [0.3, 0.4) is 0 Å². The number of carboxylic acid groups (broad SMARTS) is 1. The van der Waals surface area contributed by atoms with Crippen LogP contribution in [-0.4, -0.2) is 58.9 Å². The predicted octanol–water partition coefficient (Wildman–Crippen LogP) is -0.459. The van der Waals surface area contributed by atoms with Crippen LogP contribution in [0.15, 0.2) is 0 Å². The Hall–Kier alpha value is -1.24. The largest absolute Gasteiger partial charge is 0.481 e. The fraction of sp³-hybridized carbons (Fsp3) is 0.700. The summed E-state index contributed by atoms with van der Waals surface area (Å²) < 4.78 is 0. The number of rotatable bonds is 7. The highest BCUT2D eigenvalue weighted by molar-refractivity contribution is 8.00. The van der Waals surface area contributed by atoms with E-state index in [-0.39, 0.29) is 35.9 Å². The third kappa shape index (κ3) is 6.15. The van der Waals surface area contributed by atoms with Crippen LogP contribution in [0, 0.1) is 0 Å². The van der Waals surface area contributed by atoms with Gasteiger partial charge in [0.25, 0.3) is 0 Å². The monoisotopic (exact) mass is 260 g/mol. The average Bonchev–Trinajstić information content (AvgIpc) is 3.00. The third-order valence-electron chi connectivity index (χ3n) is 2.20. The van der Waals surface area contributed by atoms with Gasteiger partial charge in [-0.25, -0.2) is 0 Å². The van der Waals surface area contributed by atoms with E-state index in [4.69, 9.17) is 5.11 Å². The number of hydrogen-bond donors (Lipinski definition) is 2. The Morgan fingerprint density at radius 1 is 1.35 bits per heavy atom. The molecule has 7 heteroatoms. The second-order valence-corrected chi connectivity index (χ2v) is 4.96. The molecule has 1 fully saturated rings. The third-order valence-corrected chi connectivity index (χ3v) is 3.10. The number of nitrogens with one attached hydrogen (secondary N) is 1. The first-order valence-electron chi connectivity index (χ1n) is 5.32. The molecule has 0 saturated heterocycles. The first-order valence-corrected chi connectivity index (χ1v) is 6.47. The lowest BCUT2D eigenvalue weighted by molar-refractivity contribution is -0.134. The van der Waals surface area contributed by atoms with Crippen molar-refractivity contribution < 1.29 is 19.5 Å². The van der Waals surface area contributed by atoms with Crippen molar-refractivity contribution in [3.05, 3.63) is 0 Å². The van der Waals surface area contributed by atoms with Crippen LogP contribution in [0.2, 0.25) is 0 Å². The molecule has 0 aromatic carbocycles. The summed E-state index contributed by atoms with van der Waals surface area (Å²) in [4.78, 5) is 34.4. The second-order valence-electron chi connectivity index (χ2n) is 3.98. The standard InChI is InChI=1S/C10H16N2O4S/c1-12(4-8(13)11-7-2-3-7)9(14)5-17-6-10(15)16/h7H,2-6H2,1H3,(H,11,13)(H,15,16). The summed E-state index contributed by atoms with van der Waals surface area (Å²) in [6.07, 6.45) is 2.02. The van der Waals surface area contributed by atoms with Crippen LogP contribution in [0.5, 0.6) is 0 Å². The summed E-state index contributed by atoms with van der Waals surface area (Å²) in [5.74, 6) is -1.36. The minimum Gasteiger partial charge on any atom is -0.481 e. The summed E-state index contributed by atoms with van der Waals surface area (Å²) in [7, 11) is 1.54. The number of carboxylic acids is 1. The molecule has 0 aromatic rings. The number of aliphatic carboxylic acids is 1. The molecule has 1 saturated carbocycles. The first-order chi connectivity index (χ1) is 7.99. The van der Waals surface area contributed by atoms with Gasteiger partial charge >= 0.3 is 5.97 Å². The number of amides is 2. The maximum atomic E-state index is 11.5. The van der Waals surface area contributed by atoms with Gasteiger partial charge in [0.15, 0.2) is 0 Å². The van der Waals surface area contributed by atoms with E-state index >= 15 is 0 Å². The van der Waals surface area contributed by atoms with Crippen molar-refractivity contribution in [2.24, 2.45) is 0 Å². The van der Waals surface area contributed by atoms with E-state index in [1.54, 1.807) is 0 Å². The molecule has 0 radical (unpaired) electrons. The molecule has 17 heavy (non-hydrogen) atoms. The Morgan fingerprint density at radius 2 is 2.00 bits per heavy atom. The van der Waals surface area contributed by atoms with E-state index < -0.39 is 5.97 Å². The Balaban J connectivity index is 2.16. The molecular weight excluding hydrogens is 244 g/mol. The summed E-state index contributed by atoms with van der Waals surface area (Å²) >= 11 is 1.03. The van der Waals surface area contributed by atoms with E-state index in [0.29, 0.717) is 0 Å². The van der Waals surface area contributed by atoms with Crippen molar-refractivity contribution in [1.82, 2.24) is 10.2 Å². The fourth-order valence-electron chi connectivity index (χ4n) is 1.14. The molecule has 0 aliphatic heterocycles. The fourth-order valence-corrected chi connectivity index (χ4v) is 1.81. The summed E-state index contributed by atoms with van der Waals surface area (Å²) in [5.41, 5.74) is 0. The molecule has 1 aliphatic rings. The molecule has 1 rings (SSSR count). The number of carbonyl (C=O) groups is 3. The molecule has 0 heterocycles. The lowest BCUT2D eigenvalue weighted by Crippen LogP contribution is -2.39. The van der Waals surface area contributed by atoms with Crippen molar-refractivity contribution in [1.29, 1.82) is 0 Å². The van der Waals surface area contributed by atoms with Gasteiger partial charge in [-0.1, -0.05) is 0 Å². The quantitative estimate of drug-likeness (QED) is 0.647. The molecule has 1 aliphatic carbocycles. The number of hydrogen-bond acceptors (Lipinski definition) is 4. The molecule has 96 valence electrons. The van der Waals surface area contributed by atoms with Crippen molar-refractivity contribution in [2.45, 2.75) is 18.9 Å². The highest BCUT2D eigenvalue weighted by Crippen LogP contribution is 2.18. The smallest absolute Gasteiger partial charge is 0.313 e. The van der Waals surface area contributed by atoms with Crippen LogP contribution in [-0.2, 0) is 14.4 Å². The van der Waals surface area contributed by atoms with Gasteiger partial charge in [0.1, 0.15) is 0 Å². The van der Waals surface area contributed by atoms with Gasteiger partial charge in [0.2, 0.25) is 11.8 Å². The summed E-state index contributed by atoms with van der Waals surface area (Å²) in [6.45, 7) is 0.0307.